The van der Waals surface area contributed by atoms with Crippen molar-refractivity contribution in [2.45, 2.75) is 30.7 Å². The Kier molecular flexibility index (Phi) is 5.22. The Morgan fingerprint density at radius 1 is 1.00 bits per heavy atom. The maximum atomic E-state index is 12.5. The van der Waals surface area contributed by atoms with Crippen LogP contribution in [0.2, 0.25) is 0 Å². The lowest BCUT2D eigenvalue weighted by molar-refractivity contribution is -0.200. The van der Waals surface area contributed by atoms with Gasteiger partial charge in [-0.3, -0.25) is 19.2 Å². The molecule has 5 aromatic rings. The van der Waals surface area contributed by atoms with Crippen molar-refractivity contribution in [1.82, 2.24) is 14.5 Å². The molecule has 4 atom stereocenters. The van der Waals surface area contributed by atoms with Crippen molar-refractivity contribution in [3.8, 4) is 0 Å². The fourth-order valence-electron chi connectivity index (χ4n) is 5.51. The molecule has 1 fully saturated rings. The van der Waals surface area contributed by atoms with Gasteiger partial charge in [-0.25, -0.2) is 4.79 Å². The van der Waals surface area contributed by atoms with Crippen LogP contribution in [-0.2, 0) is 11.3 Å². The molecular formula is C27H25N3O6. The van der Waals surface area contributed by atoms with Gasteiger partial charge in [-0.2, -0.15) is 0 Å². The molecule has 0 saturated carbocycles. The van der Waals surface area contributed by atoms with Crippen molar-refractivity contribution in [3.05, 3.63) is 93.3 Å². The Morgan fingerprint density at radius 3 is 2.36 bits per heavy atom. The predicted molar refractivity (Wildman–Crippen MR) is 135 cm³/mol. The molecular weight excluding hydrogens is 462 g/mol. The molecule has 0 unspecified atom stereocenters. The monoisotopic (exact) mass is 487 g/mol. The lowest BCUT2D eigenvalue weighted by atomic mass is 9.91. The molecule has 4 aromatic carbocycles. The Labute approximate surface area is 204 Å². The van der Waals surface area contributed by atoms with Crippen LogP contribution in [0.5, 0.6) is 0 Å². The number of nitrogens with one attached hydrogen (secondary N) is 1. The summed E-state index contributed by atoms with van der Waals surface area (Å²) in [5.74, 6) is 0. The van der Waals surface area contributed by atoms with Crippen LogP contribution >= 0.6 is 0 Å². The largest absolute Gasteiger partial charge is 0.394 e. The van der Waals surface area contributed by atoms with Crippen LogP contribution < -0.4 is 11.2 Å². The summed E-state index contributed by atoms with van der Waals surface area (Å²) >= 11 is 0. The normalized spacial score (nSPS) is 24.5. The van der Waals surface area contributed by atoms with Crippen LogP contribution in [0, 0.1) is 0 Å². The number of H-pyrrole nitrogens is 1. The first-order valence-electron chi connectivity index (χ1n) is 11.7. The van der Waals surface area contributed by atoms with E-state index < -0.39 is 42.0 Å². The number of hydrogen-bond donors (Lipinski definition) is 4. The highest BCUT2D eigenvalue weighted by Gasteiger charge is 2.58. The molecule has 4 N–H and O–H groups in total. The standard InChI is InChI=1S/C27H25N3O6/c1-29(27(35)24(33)20(14-31)36-25(27)30-12-11-21(32)28-26(30)34)13-18-8-7-17-6-5-15-3-2-4-16-9-10-19(18)23(17)22(15)16/h2-12,20,24-25,31,33,35H,13-14H2,1H3,(H,28,32,34)/t20-,24-,25-,27-/m1/s1. The van der Waals surface area contributed by atoms with Crippen LogP contribution in [0.15, 0.2) is 76.4 Å². The SMILES string of the molecule is CN(Cc1ccc2ccc3cccc4ccc1c2c34)[C@@]1(O)[C@H](O)[C@@H](CO)O[C@H]1n1ccc(=O)[nH]c1=O. The zero-order valence-corrected chi connectivity index (χ0v) is 19.5. The van der Waals surface area contributed by atoms with Crippen molar-refractivity contribution in [3.63, 3.8) is 0 Å². The number of nitrogens with zero attached hydrogens (tertiary/aromatic N) is 2. The minimum absolute atomic E-state index is 0.206. The molecule has 1 aromatic heterocycles. The van der Waals surface area contributed by atoms with E-state index in [0.717, 1.165) is 48.5 Å². The van der Waals surface area contributed by atoms with Gasteiger partial charge < -0.3 is 20.1 Å². The zero-order valence-electron chi connectivity index (χ0n) is 19.5. The number of ether oxygens (including phenoxy) is 1. The van der Waals surface area contributed by atoms with Crippen molar-refractivity contribution in [2.75, 3.05) is 13.7 Å². The summed E-state index contributed by atoms with van der Waals surface area (Å²) in [5, 5.41) is 39.3. The first-order valence-corrected chi connectivity index (χ1v) is 11.7. The number of aliphatic hydroxyl groups excluding tert-OH is 2. The van der Waals surface area contributed by atoms with Gasteiger partial charge in [0.05, 0.1) is 6.61 Å². The van der Waals surface area contributed by atoms with E-state index in [2.05, 4.69) is 41.4 Å². The van der Waals surface area contributed by atoms with Gasteiger partial charge in [-0.15, -0.1) is 0 Å². The van der Waals surface area contributed by atoms with Crippen LogP contribution in [0.1, 0.15) is 11.8 Å². The number of aromatic amines is 1. The van der Waals surface area contributed by atoms with E-state index >= 15 is 0 Å². The molecule has 0 spiro atoms. The van der Waals surface area contributed by atoms with E-state index in [1.807, 2.05) is 18.2 Å². The number of benzene rings is 4. The molecule has 184 valence electrons. The van der Waals surface area contributed by atoms with Gasteiger partial charge >= 0.3 is 5.69 Å². The highest BCUT2D eigenvalue weighted by atomic mass is 16.6. The number of likely N-dealkylation sites (N-methyl/N-ethyl adjacent to an activating group) is 1. The summed E-state index contributed by atoms with van der Waals surface area (Å²) in [6, 6.07) is 19.6. The number of hydrogen-bond acceptors (Lipinski definition) is 7. The van der Waals surface area contributed by atoms with Gasteiger partial charge in [-0.05, 0) is 44.9 Å². The molecule has 1 aliphatic rings. The number of rotatable bonds is 5. The summed E-state index contributed by atoms with van der Waals surface area (Å²) in [5.41, 5.74) is -2.57. The minimum atomic E-state index is -2.08. The fraction of sp³-hybridized carbons (Fsp3) is 0.259. The summed E-state index contributed by atoms with van der Waals surface area (Å²) in [7, 11) is 1.62. The quantitative estimate of drug-likeness (QED) is 0.219. The minimum Gasteiger partial charge on any atom is -0.394 e. The Balaban J connectivity index is 1.46. The van der Waals surface area contributed by atoms with Crippen LogP contribution in [0.4, 0.5) is 0 Å². The molecule has 6 rings (SSSR count). The number of aliphatic hydroxyl groups is 3. The van der Waals surface area contributed by atoms with Gasteiger partial charge in [-0.1, -0.05) is 54.6 Å². The molecule has 0 aliphatic carbocycles. The van der Waals surface area contributed by atoms with Gasteiger partial charge in [0.25, 0.3) is 5.56 Å². The first kappa shape index (κ1) is 22.8. The second kappa shape index (κ2) is 8.22. The highest BCUT2D eigenvalue weighted by molar-refractivity contribution is 6.23. The summed E-state index contributed by atoms with van der Waals surface area (Å²) < 4.78 is 6.75. The Hall–Kier alpha value is -3.60. The maximum Gasteiger partial charge on any atom is 0.330 e. The average Bonchev–Trinajstić information content (AvgIpc) is 3.14. The molecule has 1 saturated heterocycles. The van der Waals surface area contributed by atoms with Crippen molar-refractivity contribution < 1.29 is 20.1 Å². The topological polar surface area (TPSA) is 128 Å². The molecule has 0 radical (unpaired) electrons. The van der Waals surface area contributed by atoms with E-state index in [1.54, 1.807) is 7.05 Å². The van der Waals surface area contributed by atoms with Gasteiger partial charge in [0.2, 0.25) is 0 Å². The Bertz CT molecular complexity index is 1700. The molecule has 0 bridgehead atoms. The second-order valence-electron chi connectivity index (χ2n) is 9.39. The summed E-state index contributed by atoms with van der Waals surface area (Å²) in [6.45, 7) is -0.359. The predicted octanol–water partition coefficient (Wildman–Crippen LogP) is 1.51. The lowest BCUT2D eigenvalue weighted by Gasteiger charge is -2.39. The van der Waals surface area contributed by atoms with E-state index in [9.17, 15) is 24.9 Å². The van der Waals surface area contributed by atoms with Gasteiger partial charge in [0.15, 0.2) is 12.0 Å². The fourth-order valence-corrected chi connectivity index (χ4v) is 5.51. The molecule has 1 aliphatic heterocycles. The zero-order chi connectivity index (χ0) is 25.2. The van der Waals surface area contributed by atoms with Gasteiger partial charge in [0.1, 0.15) is 12.2 Å². The smallest absolute Gasteiger partial charge is 0.330 e. The number of aromatic nitrogens is 2. The molecule has 9 nitrogen and oxygen atoms in total. The van der Waals surface area contributed by atoms with Crippen molar-refractivity contribution in [1.29, 1.82) is 0 Å². The summed E-state index contributed by atoms with van der Waals surface area (Å²) in [6.07, 6.45) is -2.84. The average molecular weight is 488 g/mol. The molecule has 36 heavy (non-hydrogen) atoms. The van der Waals surface area contributed by atoms with Crippen molar-refractivity contribution in [2.24, 2.45) is 0 Å². The molecule has 2 heterocycles. The van der Waals surface area contributed by atoms with E-state index in [1.165, 1.54) is 11.1 Å². The maximum absolute atomic E-state index is 12.5. The third-order valence-corrected chi connectivity index (χ3v) is 7.38. The van der Waals surface area contributed by atoms with Gasteiger partial charge in [0, 0.05) is 18.8 Å². The molecule has 0 amide bonds. The van der Waals surface area contributed by atoms with E-state index in [0.29, 0.717) is 0 Å². The van der Waals surface area contributed by atoms with Crippen LogP contribution in [0.3, 0.4) is 0 Å². The van der Waals surface area contributed by atoms with Crippen LogP contribution in [-0.4, -0.2) is 61.4 Å². The summed E-state index contributed by atoms with van der Waals surface area (Å²) in [4.78, 5) is 27.8. The lowest BCUT2D eigenvalue weighted by Crippen LogP contribution is -2.59. The third kappa shape index (κ3) is 3.22. The Morgan fingerprint density at radius 2 is 1.67 bits per heavy atom. The molecule has 9 heteroatoms. The van der Waals surface area contributed by atoms with E-state index in [4.69, 9.17) is 4.74 Å². The van der Waals surface area contributed by atoms with Crippen LogP contribution in [0.25, 0.3) is 32.3 Å². The van der Waals surface area contributed by atoms with Crippen molar-refractivity contribution >= 4 is 32.3 Å². The second-order valence-corrected chi connectivity index (χ2v) is 9.39. The first-order chi connectivity index (χ1) is 17.3. The highest BCUT2D eigenvalue weighted by Crippen LogP contribution is 2.41. The third-order valence-electron chi connectivity index (χ3n) is 7.38. The van der Waals surface area contributed by atoms with E-state index in [-0.39, 0.29) is 6.54 Å².